The Morgan fingerprint density at radius 3 is 1.33 bits per heavy atom. The number of aliphatic hydroxyl groups excluding tert-OH is 2. The van der Waals surface area contributed by atoms with Crippen LogP contribution in [0.15, 0.2) is 0 Å². The Kier molecular flexibility index (Phi) is 9.16. The van der Waals surface area contributed by atoms with Crippen molar-refractivity contribution in [1.82, 2.24) is 0 Å². The van der Waals surface area contributed by atoms with E-state index in [1.54, 1.807) is 0 Å². The van der Waals surface area contributed by atoms with Gasteiger partial charge in [0.05, 0.1) is 0 Å². The second kappa shape index (κ2) is 10.9. The lowest BCUT2D eigenvalue weighted by atomic mass is 9.75. The van der Waals surface area contributed by atoms with Crippen molar-refractivity contribution in [1.29, 1.82) is 0 Å². The van der Waals surface area contributed by atoms with Crippen LogP contribution in [0.25, 0.3) is 0 Å². The third-order valence-corrected chi connectivity index (χ3v) is 7.24. The first kappa shape index (κ1) is 25.1. The maximum atomic E-state index is 12.5. The summed E-state index contributed by atoms with van der Waals surface area (Å²) in [5.74, 6) is 0.126. The zero-order chi connectivity index (χ0) is 22.6. The van der Waals surface area contributed by atoms with Crippen LogP contribution in [0.4, 0.5) is 0 Å². The summed E-state index contributed by atoms with van der Waals surface area (Å²) >= 11 is 0. The lowest BCUT2D eigenvalue weighted by molar-refractivity contribution is -0.185. The molecule has 0 bridgehead atoms. The molecule has 0 spiro atoms. The Morgan fingerprint density at radius 2 is 1.03 bits per heavy atom. The van der Waals surface area contributed by atoms with E-state index >= 15 is 0 Å². The molecule has 0 aliphatic heterocycles. The Hall–Kier alpha value is -1.14. The summed E-state index contributed by atoms with van der Waals surface area (Å²) < 4.78 is 11.2. The molecule has 8 atom stereocenters. The second-order valence-corrected chi connectivity index (χ2v) is 10.5. The first-order chi connectivity index (χ1) is 14.0. The van der Waals surface area contributed by atoms with Crippen LogP contribution in [-0.2, 0) is 19.1 Å². The summed E-state index contributed by atoms with van der Waals surface area (Å²) in [5.41, 5.74) is 0. The van der Waals surface area contributed by atoms with E-state index in [1.165, 1.54) is 0 Å². The van der Waals surface area contributed by atoms with Gasteiger partial charge in [0.1, 0.15) is 12.2 Å². The molecular weight excluding hydrogens is 384 g/mol. The third kappa shape index (κ3) is 6.43. The highest BCUT2D eigenvalue weighted by atomic mass is 16.6. The number of carbonyl (C=O) groups is 2. The van der Waals surface area contributed by atoms with Crippen molar-refractivity contribution in [2.24, 2.45) is 35.5 Å². The van der Waals surface area contributed by atoms with Gasteiger partial charge in [-0.05, 0) is 61.2 Å². The average molecular weight is 427 g/mol. The molecule has 2 aliphatic carbocycles. The molecular formula is C24H42O6. The Labute approximate surface area is 181 Å². The summed E-state index contributed by atoms with van der Waals surface area (Å²) in [7, 11) is 0. The molecule has 0 amide bonds. The summed E-state index contributed by atoms with van der Waals surface area (Å²) in [6.07, 6.45) is 1.11. The Balaban J connectivity index is 1.96. The zero-order valence-corrected chi connectivity index (χ0v) is 19.5. The molecule has 6 nitrogen and oxygen atoms in total. The third-order valence-electron chi connectivity index (χ3n) is 7.24. The van der Waals surface area contributed by atoms with Gasteiger partial charge in [0.15, 0.2) is 12.2 Å². The molecule has 2 rings (SSSR count). The van der Waals surface area contributed by atoms with Gasteiger partial charge < -0.3 is 19.7 Å². The SMILES string of the molecule is CC(C)[C@H]1CC[C@@H](C)C[C@H]1OC(=O)C(O)C(O)C(=O)O[C@@H]1C[C@H](C)CC[C@@H]1C(C)C. The number of aliphatic hydroxyl groups is 2. The van der Waals surface area contributed by atoms with Gasteiger partial charge in [-0.3, -0.25) is 0 Å². The Morgan fingerprint density at radius 1 is 0.700 bits per heavy atom. The van der Waals surface area contributed by atoms with Gasteiger partial charge in [0.25, 0.3) is 0 Å². The molecule has 0 aromatic rings. The fraction of sp³-hybridized carbons (Fsp3) is 0.917. The van der Waals surface area contributed by atoms with Gasteiger partial charge in [0.2, 0.25) is 0 Å². The van der Waals surface area contributed by atoms with E-state index in [1.807, 2.05) is 0 Å². The van der Waals surface area contributed by atoms with Crippen molar-refractivity contribution in [2.75, 3.05) is 0 Å². The molecule has 2 saturated carbocycles. The van der Waals surface area contributed by atoms with Crippen LogP contribution < -0.4 is 0 Å². The van der Waals surface area contributed by atoms with Crippen LogP contribution >= 0.6 is 0 Å². The van der Waals surface area contributed by atoms with E-state index in [0.717, 1.165) is 38.5 Å². The quantitative estimate of drug-likeness (QED) is 0.603. The molecule has 2 unspecified atom stereocenters. The van der Waals surface area contributed by atoms with Gasteiger partial charge in [0, 0.05) is 0 Å². The van der Waals surface area contributed by atoms with Crippen molar-refractivity contribution < 1.29 is 29.3 Å². The van der Waals surface area contributed by atoms with Crippen LogP contribution in [-0.4, -0.2) is 46.6 Å². The minimum atomic E-state index is -1.93. The van der Waals surface area contributed by atoms with Gasteiger partial charge >= 0.3 is 11.9 Å². The predicted molar refractivity (Wildman–Crippen MR) is 114 cm³/mol. The highest BCUT2D eigenvalue weighted by Crippen LogP contribution is 2.37. The normalized spacial score (nSPS) is 34.5. The van der Waals surface area contributed by atoms with E-state index in [4.69, 9.17) is 9.47 Å². The first-order valence-corrected chi connectivity index (χ1v) is 11.8. The molecule has 174 valence electrons. The van der Waals surface area contributed by atoms with Crippen molar-refractivity contribution in [3.63, 3.8) is 0 Å². The topological polar surface area (TPSA) is 93.1 Å². The fourth-order valence-electron chi connectivity index (χ4n) is 5.20. The van der Waals surface area contributed by atoms with Crippen molar-refractivity contribution in [3.05, 3.63) is 0 Å². The van der Waals surface area contributed by atoms with Crippen molar-refractivity contribution >= 4 is 11.9 Å². The number of rotatable bonds is 7. The number of esters is 2. The molecule has 0 heterocycles. The molecule has 2 N–H and O–H groups in total. The smallest absolute Gasteiger partial charge is 0.338 e. The summed E-state index contributed by atoms with van der Waals surface area (Å²) in [5, 5.41) is 20.6. The van der Waals surface area contributed by atoms with E-state index in [-0.39, 0.29) is 24.0 Å². The summed E-state index contributed by atoms with van der Waals surface area (Å²) in [6.45, 7) is 12.6. The van der Waals surface area contributed by atoms with Crippen LogP contribution in [0.5, 0.6) is 0 Å². The second-order valence-electron chi connectivity index (χ2n) is 10.5. The fourth-order valence-corrected chi connectivity index (χ4v) is 5.20. The minimum absolute atomic E-state index is 0.219. The number of carbonyl (C=O) groups excluding carboxylic acids is 2. The minimum Gasteiger partial charge on any atom is -0.460 e. The molecule has 0 saturated heterocycles. The summed E-state index contributed by atoms with van der Waals surface area (Å²) in [6, 6.07) is 0. The first-order valence-electron chi connectivity index (χ1n) is 11.8. The average Bonchev–Trinajstić information content (AvgIpc) is 2.66. The lowest BCUT2D eigenvalue weighted by Crippen LogP contribution is -2.47. The van der Waals surface area contributed by atoms with Gasteiger partial charge in [-0.1, -0.05) is 54.4 Å². The molecule has 0 radical (unpaired) electrons. The van der Waals surface area contributed by atoms with Gasteiger partial charge in [-0.15, -0.1) is 0 Å². The molecule has 0 aromatic heterocycles. The highest BCUT2D eigenvalue weighted by molar-refractivity contribution is 5.85. The molecule has 2 fully saturated rings. The van der Waals surface area contributed by atoms with Crippen LogP contribution in [0.1, 0.15) is 80.1 Å². The number of ether oxygens (including phenoxy) is 2. The molecule has 2 aliphatic rings. The van der Waals surface area contributed by atoms with E-state index < -0.39 is 24.1 Å². The van der Waals surface area contributed by atoms with Crippen molar-refractivity contribution in [3.8, 4) is 0 Å². The standard InChI is InChI=1S/C24H42O6/c1-13(2)17-9-7-15(5)11-19(17)29-23(27)21(25)22(26)24(28)30-20-12-16(6)8-10-18(20)14(3)4/h13-22,25-26H,7-12H2,1-6H3/t15-,16-,17-,18-,19-,20-,21?,22?/m1/s1. The van der Waals surface area contributed by atoms with Crippen LogP contribution in [0.3, 0.4) is 0 Å². The molecule has 0 aromatic carbocycles. The van der Waals surface area contributed by atoms with Crippen LogP contribution in [0.2, 0.25) is 0 Å². The summed E-state index contributed by atoms with van der Waals surface area (Å²) in [4.78, 5) is 25.0. The van der Waals surface area contributed by atoms with Crippen LogP contribution in [0, 0.1) is 35.5 Å². The number of hydrogen-bond acceptors (Lipinski definition) is 6. The largest absolute Gasteiger partial charge is 0.460 e. The monoisotopic (exact) mass is 426 g/mol. The molecule has 6 heteroatoms. The number of hydrogen-bond donors (Lipinski definition) is 2. The van der Waals surface area contributed by atoms with Crippen molar-refractivity contribution in [2.45, 2.75) is 104 Å². The van der Waals surface area contributed by atoms with Gasteiger partial charge in [-0.25, -0.2) is 9.59 Å². The molecule has 30 heavy (non-hydrogen) atoms. The van der Waals surface area contributed by atoms with E-state index in [9.17, 15) is 19.8 Å². The maximum absolute atomic E-state index is 12.5. The Bertz CT molecular complexity index is 524. The highest BCUT2D eigenvalue weighted by Gasteiger charge is 2.40. The maximum Gasteiger partial charge on any atom is 0.338 e. The van der Waals surface area contributed by atoms with E-state index in [0.29, 0.717) is 23.7 Å². The predicted octanol–water partition coefficient (Wildman–Crippen LogP) is 3.72. The zero-order valence-electron chi connectivity index (χ0n) is 19.5. The lowest BCUT2D eigenvalue weighted by Gasteiger charge is -2.38. The van der Waals surface area contributed by atoms with E-state index in [2.05, 4.69) is 41.5 Å². The van der Waals surface area contributed by atoms with Gasteiger partial charge in [-0.2, -0.15) is 0 Å².